The van der Waals surface area contributed by atoms with Gasteiger partial charge in [-0.3, -0.25) is 0 Å². The summed E-state index contributed by atoms with van der Waals surface area (Å²) in [5.41, 5.74) is 0. The van der Waals surface area contributed by atoms with Gasteiger partial charge in [-0.05, 0) is 32.2 Å². The first kappa shape index (κ1) is 16.0. The molecule has 4 atom stereocenters. The average molecular weight is 312 g/mol. The second kappa shape index (κ2) is 7.62. The highest BCUT2D eigenvalue weighted by atomic mass is 16.6. The van der Waals surface area contributed by atoms with Gasteiger partial charge in [0, 0.05) is 6.54 Å². The lowest BCUT2D eigenvalue weighted by Crippen LogP contribution is -2.43. The molecule has 0 aromatic carbocycles. The summed E-state index contributed by atoms with van der Waals surface area (Å²) in [7, 11) is 0. The first-order valence-corrected chi connectivity index (χ1v) is 8.69. The summed E-state index contributed by atoms with van der Waals surface area (Å²) in [5, 5.41) is 6.26. The van der Waals surface area contributed by atoms with Gasteiger partial charge in [-0.1, -0.05) is 19.3 Å². The van der Waals surface area contributed by atoms with Crippen LogP contribution in [0.2, 0.25) is 0 Å². The third kappa shape index (κ3) is 3.73. The van der Waals surface area contributed by atoms with Crippen molar-refractivity contribution in [3.63, 3.8) is 0 Å². The maximum absolute atomic E-state index is 11.5. The Labute approximate surface area is 132 Å². The summed E-state index contributed by atoms with van der Waals surface area (Å²) in [5.74, 6) is 0.789. The molecule has 22 heavy (non-hydrogen) atoms. The van der Waals surface area contributed by atoms with Gasteiger partial charge < -0.3 is 24.8 Å². The number of ether oxygens (including phenoxy) is 3. The van der Waals surface area contributed by atoms with Crippen LogP contribution < -0.4 is 10.6 Å². The quantitative estimate of drug-likeness (QED) is 0.804. The zero-order valence-corrected chi connectivity index (χ0v) is 13.4. The van der Waals surface area contributed by atoms with E-state index in [0.717, 1.165) is 12.5 Å². The van der Waals surface area contributed by atoms with Crippen LogP contribution in [0.1, 0.15) is 39.0 Å². The van der Waals surface area contributed by atoms with E-state index in [2.05, 4.69) is 10.6 Å². The van der Waals surface area contributed by atoms with Crippen LogP contribution in [0.15, 0.2) is 0 Å². The summed E-state index contributed by atoms with van der Waals surface area (Å²) >= 11 is 0. The first-order valence-electron chi connectivity index (χ1n) is 8.69. The zero-order chi connectivity index (χ0) is 15.4. The molecule has 0 radical (unpaired) electrons. The van der Waals surface area contributed by atoms with Crippen LogP contribution in [0.4, 0.5) is 4.79 Å². The van der Waals surface area contributed by atoms with Gasteiger partial charge in [0.15, 0.2) is 6.10 Å². The van der Waals surface area contributed by atoms with E-state index >= 15 is 0 Å². The Morgan fingerprint density at radius 1 is 1.14 bits per heavy atom. The number of rotatable bonds is 5. The highest BCUT2D eigenvalue weighted by Gasteiger charge is 2.49. The van der Waals surface area contributed by atoms with Crippen LogP contribution in [-0.4, -0.2) is 56.8 Å². The minimum Gasteiger partial charge on any atom is -0.441 e. The molecule has 1 aliphatic carbocycles. The summed E-state index contributed by atoms with van der Waals surface area (Å²) in [6.07, 6.45) is 5.95. The van der Waals surface area contributed by atoms with Gasteiger partial charge >= 0.3 is 6.09 Å². The Kier molecular flexibility index (Phi) is 5.55. The van der Waals surface area contributed by atoms with E-state index < -0.39 is 0 Å². The summed E-state index contributed by atoms with van der Waals surface area (Å²) in [6.45, 7) is 4.53. The van der Waals surface area contributed by atoms with Crippen LogP contribution in [0.3, 0.4) is 0 Å². The summed E-state index contributed by atoms with van der Waals surface area (Å²) in [6, 6.07) is 0.217. The standard InChI is InChI=1S/C16H28N2O4/c1-2-17-16(19)22-13-10-21-14-12(9-20-15(13)14)18-8-11-6-4-3-5-7-11/h11-15,18H,2-10H2,1H3,(H,17,19)/t12-,13+,14+,15+/m0/s1. The van der Waals surface area contributed by atoms with Crippen molar-refractivity contribution in [1.29, 1.82) is 0 Å². The fraction of sp³-hybridized carbons (Fsp3) is 0.938. The van der Waals surface area contributed by atoms with Crippen LogP contribution >= 0.6 is 0 Å². The molecule has 0 spiro atoms. The molecule has 2 aliphatic heterocycles. The fourth-order valence-electron chi connectivity index (χ4n) is 3.77. The molecule has 3 aliphatic rings. The number of fused-ring (bicyclic) bond motifs is 1. The number of carbonyl (C=O) groups excluding carboxylic acids is 1. The van der Waals surface area contributed by atoms with Gasteiger partial charge in [0.1, 0.15) is 12.2 Å². The molecule has 2 N–H and O–H groups in total. The molecule has 0 aromatic rings. The number of nitrogens with one attached hydrogen (secondary N) is 2. The van der Waals surface area contributed by atoms with Gasteiger partial charge in [0.25, 0.3) is 0 Å². The van der Waals surface area contributed by atoms with Gasteiger partial charge in [-0.2, -0.15) is 0 Å². The maximum Gasteiger partial charge on any atom is 0.407 e. The highest BCUT2D eigenvalue weighted by Crippen LogP contribution is 2.30. The molecule has 6 heteroatoms. The van der Waals surface area contributed by atoms with Crippen molar-refractivity contribution in [2.24, 2.45) is 5.92 Å². The molecule has 0 unspecified atom stereocenters. The van der Waals surface area contributed by atoms with Gasteiger partial charge in [-0.25, -0.2) is 4.79 Å². The minimum absolute atomic E-state index is 0.00279. The Morgan fingerprint density at radius 3 is 2.68 bits per heavy atom. The predicted octanol–water partition coefficient (Wildman–Crippen LogP) is 1.44. The van der Waals surface area contributed by atoms with Gasteiger partial charge in [-0.15, -0.1) is 0 Å². The van der Waals surface area contributed by atoms with Crippen molar-refractivity contribution < 1.29 is 19.0 Å². The molecule has 0 aromatic heterocycles. The molecule has 2 saturated heterocycles. The predicted molar refractivity (Wildman–Crippen MR) is 81.8 cm³/mol. The molecule has 2 heterocycles. The average Bonchev–Trinajstić information content (AvgIpc) is 3.10. The van der Waals surface area contributed by atoms with Crippen LogP contribution in [0, 0.1) is 5.92 Å². The molecule has 1 saturated carbocycles. The molecular formula is C16H28N2O4. The molecule has 6 nitrogen and oxygen atoms in total. The van der Waals surface area contributed by atoms with E-state index in [9.17, 15) is 4.79 Å². The highest BCUT2D eigenvalue weighted by molar-refractivity contribution is 5.67. The van der Waals surface area contributed by atoms with E-state index in [0.29, 0.717) is 19.8 Å². The van der Waals surface area contributed by atoms with E-state index in [1.54, 1.807) is 0 Å². The van der Waals surface area contributed by atoms with Crippen LogP contribution in [-0.2, 0) is 14.2 Å². The number of alkyl carbamates (subject to hydrolysis) is 1. The second-order valence-electron chi connectivity index (χ2n) is 6.59. The van der Waals surface area contributed by atoms with Gasteiger partial charge in [0.05, 0.1) is 19.3 Å². The third-order valence-electron chi connectivity index (χ3n) is 4.98. The van der Waals surface area contributed by atoms with Crippen molar-refractivity contribution >= 4 is 6.09 Å². The Hall–Kier alpha value is -0.850. The normalized spacial score (nSPS) is 35.3. The lowest BCUT2D eigenvalue weighted by molar-refractivity contribution is 0.00396. The Bertz CT molecular complexity index is 373. The van der Waals surface area contributed by atoms with Crippen molar-refractivity contribution in [1.82, 2.24) is 10.6 Å². The van der Waals surface area contributed by atoms with E-state index in [1.807, 2.05) is 6.92 Å². The topological polar surface area (TPSA) is 68.8 Å². The summed E-state index contributed by atoms with van der Waals surface area (Å²) in [4.78, 5) is 11.5. The number of amides is 1. The maximum atomic E-state index is 11.5. The zero-order valence-electron chi connectivity index (χ0n) is 13.4. The Morgan fingerprint density at radius 2 is 1.91 bits per heavy atom. The molecular weight excluding hydrogens is 284 g/mol. The SMILES string of the molecule is CCNC(=O)O[C@@H]1CO[C@H]2[C@@H]1OC[C@@H]2NCC1CCCCC1. The lowest BCUT2D eigenvalue weighted by Gasteiger charge is -2.25. The third-order valence-corrected chi connectivity index (χ3v) is 4.98. The monoisotopic (exact) mass is 312 g/mol. The molecule has 1 amide bonds. The van der Waals surface area contributed by atoms with E-state index in [4.69, 9.17) is 14.2 Å². The molecule has 126 valence electrons. The number of hydrogen-bond donors (Lipinski definition) is 2. The van der Waals surface area contributed by atoms with Crippen LogP contribution in [0.25, 0.3) is 0 Å². The summed E-state index contributed by atoms with van der Waals surface area (Å²) < 4.78 is 17.0. The van der Waals surface area contributed by atoms with Crippen molar-refractivity contribution in [3.05, 3.63) is 0 Å². The largest absolute Gasteiger partial charge is 0.441 e. The van der Waals surface area contributed by atoms with Crippen molar-refractivity contribution in [2.45, 2.75) is 63.4 Å². The molecule has 3 rings (SSSR count). The van der Waals surface area contributed by atoms with Crippen molar-refractivity contribution in [3.8, 4) is 0 Å². The Balaban J connectivity index is 1.44. The number of hydrogen-bond acceptors (Lipinski definition) is 5. The van der Waals surface area contributed by atoms with Crippen molar-refractivity contribution in [2.75, 3.05) is 26.3 Å². The molecule has 3 fully saturated rings. The molecule has 0 bridgehead atoms. The van der Waals surface area contributed by atoms with E-state index in [1.165, 1.54) is 32.1 Å². The first-order chi connectivity index (χ1) is 10.8. The van der Waals surface area contributed by atoms with Gasteiger partial charge in [0.2, 0.25) is 0 Å². The smallest absolute Gasteiger partial charge is 0.407 e. The van der Waals surface area contributed by atoms with Crippen LogP contribution in [0.5, 0.6) is 0 Å². The van der Waals surface area contributed by atoms with E-state index in [-0.39, 0.29) is 30.4 Å². The second-order valence-corrected chi connectivity index (χ2v) is 6.59. The number of carbonyl (C=O) groups is 1. The fourth-order valence-corrected chi connectivity index (χ4v) is 3.77. The minimum atomic E-state index is -0.390. The lowest BCUT2D eigenvalue weighted by atomic mass is 9.89.